The molecule has 0 saturated heterocycles. The summed E-state index contributed by atoms with van der Waals surface area (Å²) in [6.07, 6.45) is 1.59. The molecular weight excluding hydrogens is 202 g/mol. The minimum Gasteiger partial charge on any atom is -0.394 e. The van der Waals surface area contributed by atoms with Crippen LogP contribution in [0.15, 0.2) is 12.1 Å². The van der Waals surface area contributed by atoms with Gasteiger partial charge in [0.2, 0.25) is 0 Å². The fraction of sp³-hybridized carbons (Fsp3) is 0.538. The van der Waals surface area contributed by atoms with Gasteiger partial charge in [-0.1, -0.05) is 6.92 Å². The zero-order valence-corrected chi connectivity index (χ0v) is 10.1. The van der Waals surface area contributed by atoms with Gasteiger partial charge in [0.25, 0.3) is 0 Å². The number of hydrogen-bond donors (Lipinski definition) is 1. The van der Waals surface area contributed by atoms with Gasteiger partial charge in [0, 0.05) is 0 Å². The van der Waals surface area contributed by atoms with Gasteiger partial charge in [0.05, 0.1) is 37.6 Å². The van der Waals surface area contributed by atoms with Crippen molar-refractivity contribution in [1.29, 1.82) is 0 Å². The van der Waals surface area contributed by atoms with Gasteiger partial charge in [-0.2, -0.15) is 0 Å². The number of aliphatic hydroxyl groups excluding tert-OH is 1. The maximum atomic E-state index is 8.71. The van der Waals surface area contributed by atoms with Crippen molar-refractivity contribution >= 4 is 0 Å². The van der Waals surface area contributed by atoms with Crippen molar-refractivity contribution in [2.75, 3.05) is 13.2 Å². The molecule has 0 bridgehead atoms. The second kappa shape index (κ2) is 6.51. The van der Waals surface area contributed by atoms with E-state index in [0.29, 0.717) is 13.0 Å². The highest BCUT2D eigenvalue weighted by molar-refractivity contribution is 5.23. The molecule has 0 spiro atoms. The maximum Gasteiger partial charge on any atom is 0.127 e. The zero-order valence-electron chi connectivity index (χ0n) is 10.1. The lowest BCUT2D eigenvalue weighted by Crippen LogP contribution is -2.08. The first-order valence-electron chi connectivity index (χ1n) is 5.72. The summed E-state index contributed by atoms with van der Waals surface area (Å²) in [6.45, 7) is 8.30. The van der Waals surface area contributed by atoms with E-state index in [1.807, 2.05) is 6.92 Å². The van der Waals surface area contributed by atoms with Crippen molar-refractivity contribution in [2.45, 2.75) is 32.8 Å². The predicted octanol–water partition coefficient (Wildman–Crippen LogP) is 2.09. The van der Waals surface area contributed by atoms with E-state index < -0.39 is 0 Å². The molecule has 0 amide bonds. The summed E-state index contributed by atoms with van der Waals surface area (Å²) in [6, 6.07) is 4.14. The molecule has 1 aromatic heterocycles. The van der Waals surface area contributed by atoms with Crippen molar-refractivity contribution in [1.82, 2.24) is 4.98 Å². The van der Waals surface area contributed by atoms with Crippen molar-refractivity contribution in [3.05, 3.63) is 36.0 Å². The Kier molecular flexibility index (Phi) is 5.29. The molecule has 1 N–H and O–H groups in total. The first-order chi connectivity index (χ1) is 7.71. The van der Waals surface area contributed by atoms with E-state index in [1.54, 1.807) is 0 Å². The van der Waals surface area contributed by atoms with Gasteiger partial charge in [0.15, 0.2) is 0 Å². The maximum absolute atomic E-state index is 8.71. The highest BCUT2D eigenvalue weighted by Crippen LogP contribution is 2.17. The Hall–Kier alpha value is -1.06. The lowest BCUT2D eigenvalue weighted by Gasteiger charge is -2.13. The van der Waals surface area contributed by atoms with Crippen molar-refractivity contribution in [2.24, 2.45) is 0 Å². The Balaban J connectivity index is 2.85. The van der Waals surface area contributed by atoms with Gasteiger partial charge in [0.1, 0.15) is 6.42 Å². The summed E-state index contributed by atoms with van der Waals surface area (Å²) < 4.78 is 5.44. The van der Waals surface area contributed by atoms with Crippen molar-refractivity contribution in [3.63, 3.8) is 0 Å². The van der Waals surface area contributed by atoms with E-state index in [1.165, 1.54) is 5.56 Å². The first kappa shape index (κ1) is 13.0. The summed E-state index contributed by atoms with van der Waals surface area (Å²) in [7, 11) is 0. The van der Waals surface area contributed by atoms with Gasteiger partial charge < -0.3 is 9.84 Å². The van der Waals surface area contributed by atoms with Crippen LogP contribution >= 0.6 is 0 Å². The summed E-state index contributed by atoms with van der Waals surface area (Å²) in [5.41, 5.74) is 3.17. The number of aryl methyl sites for hydroxylation is 1. The molecule has 3 heteroatoms. The standard InChI is InChI=1S/C13H20NO2/c1-4-11-8-12(5-2)14-13(9-11)10(3)16-7-6-15/h8-10,15H,2,4-7H2,1,3H3/q+1. The average molecular weight is 222 g/mol. The lowest BCUT2D eigenvalue weighted by molar-refractivity contribution is 0.0361. The molecule has 1 rings (SSSR count). The molecule has 1 unspecified atom stereocenters. The molecule has 88 valence electrons. The molecule has 1 aromatic rings. The molecule has 0 radical (unpaired) electrons. The lowest BCUT2D eigenvalue weighted by atomic mass is 10.1. The number of pyridine rings is 1. The molecule has 0 aliphatic carbocycles. The van der Waals surface area contributed by atoms with E-state index in [0.717, 1.165) is 17.8 Å². The molecule has 0 saturated carbocycles. The van der Waals surface area contributed by atoms with Gasteiger partial charge >= 0.3 is 0 Å². The molecule has 1 atom stereocenters. The molecule has 1 heterocycles. The smallest absolute Gasteiger partial charge is 0.127 e. The van der Waals surface area contributed by atoms with Crippen LogP contribution in [0.5, 0.6) is 0 Å². The quantitative estimate of drug-likeness (QED) is 0.749. The number of ether oxygens (including phenoxy) is 1. The Morgan fingerprint density at radius 3 is 2.81 bits per heavy atom. The Labute approximate surface area is 97.5 Å². The first-order valence-corrected chi connectivity index (χ1v) is 5.72. The average Bonchev–Trinajstić information content (AvgIpc) is 2.35. The Morgan fingerprint density at radius 2 is 2.25 bits per heavy atom. The summed E-state index contributed by atoms with van der Waals surface area (Å²) in [5, 5.41) is 8.71. The highest BCUT2D eigenvalue weighted by Gasteiger charge is 2.10. The normalized spacial score (nSPS) is 12.7. The topological polar surface area (TPSA) is 42.4 Å². The number of rotatable bonds is 6. The Morgan fingerprint density at radius 1 is 1.50 bits per heavy atom. The number of nitrogens with zero attached hydrogens (tertiary/aromatic N) is 1. The molecule has 0 fully saturated rings. The second-order valence-corrected chi connectivity index (χ2v) is 3.73. The number of aliphatic hydroxyl groups is 1. The monoisotopic (exact) mass is 222 g/mol. The van der Waals surface area contributed by atoms with Gasteiger partial charge in [-0.15, -0.1) is 0 Å². The van der Waals surface area contributed by atoms with E-state index in [4.69, 9.17) is 9.84 Å². The SMILES string of the molecule is [CH2+]Cc1cc(CC)cc(C(C)OCCO)n1. The van der Waals surface area contributed by atoms with E-state index >= 15 is 0 Å². The van der Waals surface area contributed by atoms with Crippen LogP contribution in [0, 0.1) is 6.92 Å². The van der Waals surface area contributed by atoms with Crippen LogP contribution in [0.25, 0.3) is 0 Å². The van der Waals surface area contributed by atoms with E-state index in [9.17, 15) is 0 Å². The molecule has 0 aliphatic heterocycles. The van der Waals surface area contributed by atoms with Crippen LogP contribution in [0.4, 0.5) is 0 Å². The minimum absolute atomic E-state index is 0.0417. The van der Waals surface area contributed by atoms with Gasteiger partial charge in [-0.05, 0) is 31.0 Å². The minimum atomic E-state index is -0.0797. The largest absolute Gasteiger partial charge is 0.394 e. The molecular formula is C13H20NO2+. The summed E-state index contributed by atoms with van der Waals surface area (Å²) >= 11 is 0. The van der Waals surface area contributed by atoms with Gasteiger partial charge in [-0.25, -0.2) is 0 Å². The predicted molar refractivity (Wildman–Crippen MR) is 64.1 cm³/mol. The summed E-state index contributed by atoms with van der Waals surface area (Å²) in [4.78, 5) is 4.48. The van der Waals surface area contributed by atoms with Crippen molar-refractivity contribution in [3.8, 4) is 0 Å². The van der Waals surface area contributed by atoms with E-state index in [-0.39, 0.29) is 12.7 Å². The molecule has 0 aromatic carbocycles. The van der Waals surface area contributed by atoms with E-state index in [2.05, 4.69) is 31.0 Å². The van der Waals surface area contributed by atoms with Crippen LogP contribution in [-0.4, -0.2) is 23.3 Å². The molecule has 3 nitrogen and oxygen atoms in total. The third-order valence-corrected chi connectivity index (χ3v) is 2.50. The summed E-state index contributed by atoms with van der Waals surface area (Å²) in [5.74, 6) is 0. The highest BCUT2D eigenvalue weighted by atomic mass is 16.5. The van der Waals surface area contributed by atoms with Crippen LogP contribution in [0.3, 0.4) is 0 Å². The molecule has 0 aliphatic rings. The fourth-order valence-electron chi connectivity index (χ4n) is 1.53. The second-order valence-electron chi connectivity index (χ2n) is 3.73. The molecule has 16 heavy (non-hydrogen) atoms. The number of aromatic nitrogens is 1. The van der Waals surface area contributed by atoms with Crippen molar-refractivity contribution < 1.29 is 9.84 Å². The third-order valence-electron chi connectivity index (χ3n) is 2.50. The number of hydrogen-bond acceptors (Lipinski definition) is 3. The van der Waals surface area contributed by atoms with Crippen LogP contribution < -0.4 is 0 Å². The Bertz CT molecular complexity index is 303. The van der Waals surface area contributed by atoms with Gasteiger partial charge in [-0.3, -0.25) is 4.98 Å². The zero-order chi connectivity index (χ0) is 12.0. The third kappa shape index (κ3) is 3.51. The fourth-order valence-corrected chi connectivity index (χ4v) is 1.53. The van der Waals surface area contributed by atoms with Crippen LogP contribution in [-0.2, 0) is 17.6 Å². The van der Waals surface area contributed by atoms with Crippen LogP contribution in [0.2, 0.25) is 0 Å². The van der Waals surface area contributed by atoms with Crippen LogP contribution in [0.1, 0.15) is 36.9 Å².